The Kier molecular flexibility index (Phi) is 4.53. The number of furan rings is 1. The second-order valence-electron chi connectivity index (χ2n) is 6.28. The van der Waals surface area contributed by atoms with E-state index in [2.05, 4.69) is 28.8 Å². The number of rotatable bonds is 4. The Hall–Kier alpha value is -2.59. The first-order valence-corrected chi connectivity index (χ1v) is 8.99. The third kappa shape index (κ3) is 3.74. The van der Waals surface area contributed by atoms with Gasteiger partial charge in [0.25, 0.3) is 0 Å². The van der Waals surface area contributed by atoms with Gasteiger partial charge in [0, 0.05) is 11.3 Å². The molecule has 0 amide bonds. The number of hydrogen-bond donors (Lipinski definition) is 2. The van der Waals surface area contributed by atoms with E-state index in [1.807, 2.05) is 42.5 Å². The first kappa shape index (κ1) is 15.9. The van der Waals surface area contributed by atoms with Crippen molar-refractivity contribution in [3.8, 4) is 11.3 Å². The van der Waals surface area contributed by atoms with Crippen LogP contribution in [0.5, 0.6) is 0 Å². The molecule has 1 aliphatic rings. The molecule has 0 atom stereocenters. The van der Waals surface area contributed by atoms with Crippen molar-refractivity contribution in [2.24, 2.45) is 0 Å². The number of fused-ring (bicyclic) bond motifs is 1. The standard InChI is InChI=1S/C21H20N2OS/c25-21(23-18-10-9-15-7-4-8-17(15)13-18)22-14-19-11-12-20(24-19)16-5-2-1-3-6-16/h1-3,5-6,9-13H,4,7-8,14H2,(H2,22,23,25). The third-order valence-electron chi connectivity index (χ3n) is 4.50. The molecule has 2 aromatic carbocycles. The fourth-order valence-electron chi connectivity index (χ4n) is 3.22. The smallest absolute Gasteiger partial charge is 0.171 e. The highest BCUT2D eigenvalue weighted by Gasteiger charge is 2.11. The Morgan fingerprint density at radius 1 is 0.960 bits per heavy atom. The van der Waals surface area contributed by atoms with Crippen molar-refractivity contribution in [1.29, 1.82) is 0 Å². The van der Waals surface area contributed by atoms with Crippen molar-refractivity contribution in [1.82, 2.24) is 5.32 Å². The lowest BCUT2D eigenvalue weighted by molar-refractivity contribution is 0.516. The van der Waals surface area contributed by atoms with Gasteiger partial charge in [0.15, 0.2) is 5.11 Å². The van der Waals surface area contributed by atoms with Gasteiger partial charge < -0.3 is 15.1 Å². The predicted octanol–water partition coefficient (Wildman–Crippen LogP) is 4.92. The van der Waals surface area contributed by atoms with Crippen LogP contribution in [0.25, 0.3) is 11.3 Å². The van der Waals surface area contributed by atoms with Crippen LogP contribution in [0.2, 0.25) is 0 Å². The molecule has 3 aromatic rings. The maximum Gasteiger partial charge on any atom is 0.171 e. The summed E-state index contributed by atoms with van der Waals surface area (Å²) in [7, 11) is 0. The molecule has 25 heavy (non-hydrogen) atoms. The first-order valence-electron chi connectivity index (χ1n) is 8.59. The Labute approximate surface area is 153 Å². The summed E-state index contributed by atoms with van der Waals surface area (Å²) in [5.74, 6) is 1.73. The van der Waals surface area contributed by atoms with Crippen LogP contribution in [0.15, 0.2) is 65.1 Å². The summed E-state index contributed by atoms with van der Waals surface area (Å²) in [5.41, 5.74) is 5.02. The summed E-state index contributed by atoms with van der Waals surface area (Å²) >= 11 is 5.40. The van der Waals surface area contributed by atoms with Crippen molar-refractivity contribution in [2.75, 3.05) is 5.32 Å². The maximum atomic E-state index is 5.88. The molecular formula is C21H20N2OS. The van der Waals surface area contributed by atoms with E-state index in [-0.39, 0.29) is 0 Å². The van der Waals surface area contributed by atoms with E-state index in [0.717, 1.165) is 22.8 Å². The molecule has 0 aliphatic heterocycles. The molecule has 0 spiro atoms. The van der Waals surface area contributed by atoms with Gasteiger partial charge in [-0.05, 0) is 66.9 Å². The van der Waals surface area contributed by atoms with E-state index in [0.29, 0.717) is 11.7 Å². The Balaban J connectivity index is 1.34. The summed E-state index contributed by atoms with van der Waals surface area (Å²) in [4.78, 5) is 0. The zero-order chi connectivity index (χ0) is 17.1. The van der Waals surface area contributed by atoms with E-state index >= 15 is 0 Å². The normalized spacial score (nSPS) is 12.6. The maximum absolute atomic E-state index is 5.88. The van der Waals surface area contributed by atoms with Crippen LogP contribution in [0.1, 0.15) is 23.3 Å². The van der Waals surface area contributed by atoms with Gasteiger partial charge in [-0.15, -0.1) is 0 Å². The zero-order valence-corrected chi connectivity index (χ0v) is 14.7. The van der Waals surface area contributed by atoms with Crippen LogP contribution >= 0.6 is 12.2 Å². The van der Waals surface area contributed by atoms with Crippen molar-refractivity contribution in [2.45, 2.75) is 25.8 Å². The molecule has 1 heterocycles. The second-order valence-corrected chi connectivity index (χ2v) is 6.68. The van der Waals surface area contributed by atoms with Crippen LogP contribution in [0.3, 0.4) is 0 Å². The molecule has 0 fully saturated rings. The van der Waals surface area contributed by atoms with E-state index in [4.69, 9.17) is 16.6 Å². The van der Waals surface area contributed by atoms with E-state index in [9.17, 15) is 0 Å². The topological polar surface area (TPSA) is 37.2 Å². The minimum atomic E-state index is 0.559. The summed E-state index contributed by atoms with van der Waals surface area (Å²) in [6, 6.07) is 20.6. The lowest BCUT2D eigenvalue weighted by atomic mass is 10.1. The average Bonchev–Trinajstić information content (AvgIpc) is 3.30. The van der Waals surface area contributed by atoms with Crippen LogP contribution in [0.4, 0.5) is 5.69 Å². The number of benzene rings is 2. The highest BCUT2D eigenvalue weighted by Crippen LogP contribution is 2.25. The van der Waals surface area contributed by atoms with E-state index in [1.165, 1.54) is 30.4 Å². The molecule has 0 unspecified atom stereocenters. The van der Waals surface area contributed by atoms with Gasteiger partial charge in [0.05, 0.1) is 6.54 Å². The zero-order valence-electron chi connectivity index (χ0n) is 13.9. The summed E-state index contributed by atoms with van der Waals surface area (Å²) in [5, 5.41) is 7.07. The van der Waals surface area contributed by atoms with Crippen molar-refractivity contribution in [3.05, 3.63) is 77.6 Å². The SMILES string of the molecule is S=C(NCc1ccc(-c2ccccc2)o1)Nc1ccc2c(c1)CCC2. The van der Waals surface area contributed by atoms with Crippen LogP contribution < -0.4 is 10.6 Å². The van der Waals surface area contributed by atoms with Gasteiger partial charge in [0.1, 0.15) is 11.5 Å². The van der Waals surface area contributed by atoms with Gasteiger partial charge >= 0.3 is 0 Å². The second kappa shape index (κ2) is 7.11. The largest absolute Gasteiger partial charge is 0.459 e. The quantitative estimate of drug-likeness (QED) is 0.656. The number of hydrogen-bond acceptors (Lipinski definition) is 2. The van der Waals surface area contributed by atoms with Gasteiger partial charge in [0.2, 0.25) is 0 Å². The Morgan fingerprint density at radius 2 is 1.80 bits per heavy atom. The highest BCUT2D eigenvalue weighted by atomic mass is 32.1. The van der Waals surface area contributed by atoms with E-state index < -0.39 is 0 Å². The van der Waals surface area contributed by atoms with Crippen LogP contribution in [0, 0.1) is 0 Å². The molecule has 0 saturated heterocycles. The summed E-state index contributed by atoms with van der Waals surface area (Å²) < 4.78 is 5.88. The molecule has 1 aromatic heterocycles. The fraction of sp³-hybridized carbons (Fsp3) is 0.190. The van der Waals surface area contributed by atoms with Crippen molar-refractivity contribution >= 4 is 23.0 Å². The molecule has 0 bridgehead atoms. The average molecular weight is 348 g/mol. The number of anilines is 1. The fourth-order valence-corrected chi connectivity index (χ4v) is 3.41. The molecule has 126 valence electrons. The van der Waals surface area contributed by atoms with Gasteiger partial charge in [-0.3, -0.25) is 0 Å². The molecule has 3 nitrogen and oxygen atoms in total. The lowest BCUT2D eigenvalue weighted by Crippen LogP contribution is -2.27. The number of nitrogens with one attached hydrogen (secondary N) is 2. The monoisotopic (exact) mass is 348 g/mol. The Bertz CT molecular complexity index is 886. The lowest BCUT2D eigenvalue weighted by Gasteiger charge is -2.11. The Morgan fingerprint density at radius 3 is 2.68 bits per heavy atom. The van der Waals surface area contributed by atoms with Crippen LogP contribution in [-0.4, -0.2) is 5.11 Å². The minimum Gasteiger partial charge on any atom is -0.459 e. The molecule has 0 radical (unpaired) electrons. The molecular weight excluding hydrogens is 328 g/mol. The molecule has 4 rings (SSSR count). The van der Waals surface area contributed by atoms with E-state index in [1.54, 1.807) is 0 Å². The number of aryl methyl sites for hydroxylation is 2. The van der Waals surface area contributed by atoms with Crippen molar-refractivity contribution < 1.29 is 4.42 Å². The van der Waals surface area contributed by atoms with Gasteiger partial charge in [-0.2, -0.15) is 0 Å². The van der Waals surface area contributed by atoms with Crippen molar-refractivity contribution in [3.63, 3.8) is 0 Å². The van der Waals surface area contributed by atoms with Gasteiger partial charge in [-0.1, -0.05) is 36.4 Å². The molecule has 4 heteroatoms. The highest BCUT2D eigenvalue weighted by molar-refractivity contribution is 7.80. The first-order chi connectivity index (χ1) is 12.3. The van der Waals surface area contributed by atoms with Gasteiger partial charge in [-0.25, -0.2) is 0 Å². The summed E-state index contributed by atoms with van der Waals surface area (Å²) in [6.07, 6.45) is 3.62. The summed E-state index contributed by atoms with van der Waals surface area (Å²) in [6.45, 7) is 0.559. The molecule has 0 saturated carbocycles. The number of thiocarbonyl (C=S) groups is 1. The minimum absolute atomic E-state index is 0.559. The molecule has 1 aliphatic carbocycles. The predicted molar refractivity (Wildman–Crippen MR) is 106 cm³/mol. The third-order valence-corrected chi connectivity index (χ3v) is 4.75. The molecule has 2 N–H and O–H groups in total. The van der Waals surface area contributed by atoms with Crippen LogP contribution in [-0.2, 0) is 19.4 Å².